The van der Waals surface area contributed by atoms with E-state index in [1.165, 1.54) is 32.6 Å². The number of para-hydroxylation sites is 2. The van der Waals surface area contributed by atoms with Crippen molar-refractivity contribution in [1.82, 2.24) is 14.4 Å². The molecule has 0 atom stereocenters. The minimum Gasteiger partial charge on any atom is -0.350 e. The number of nitrogens with zero attached hydrogens (tertiary/aromatic N) is 3. The van der Waals surface area contributed by atoms with Crippen LogP contribution >= 0.6 is 0 Å². The van der Waals surface area contributed by atoms with Crippen molar-refractivity contribution >= 4 is 38.1 Å². The van der Waals surface area contributed by atoms with Crippen molar-refractivity contribution in [2.45, 2.75) is 19.7 Å². The molecule has 4 heterocycles. The number of pyridine rings is 2. The first-order valence-corrected chi connectivity index (χ1v) is 13.4. The molecule has 1 radical (unpaired) electrons. The van der Waals surface area contributed by atoms with Gasteiger partial charge in [0.05, 0.1) is 5.52 Å². The van der Waals surface area contributed by atoms with Crippen molar-refractivity contribution in [2.75, 3.05) is 0 Å². The second-order valence-corrected chi connectivity index (χ2v) is 10.1. The molecule has 0 N–H and O–H groups in total. The first kappa shape index (κ1) is 25.6. The number of fused-ring (bicyclic) bond motifs is 6. The summed E-state index contributed by atoms with van der Waals surface area (Å²) >= 11 is 0. The van der Waals surface area contributed by atoms with Crippen molar-refractivity contribution in [3.8, 4) is 22.5 Å². The van der Waals surface area contributed by atoms with Gasteiger partial charge in [0.2, 0.25) is 0 Å². The van der Waals surface area contributed by atoms with E-state index in [0.717, 1.165) is 33.6 Å². The van der Waals surface area contributed by atoms with Crippen LogP contribution in [0, 0.1) is 12.1 Å². The number of aromatic nitrogens is 3. The van der Waals surface area contributed by atoms with Gasteiger partial charge >= 0.3 is 0 Å². The van der Waals surface area contributed by atoms with Gasteiger partial charge < -0.3 is 14.4 Å². The van der Waals surface area contributed by atoms with Gasteiger partial charge in [-0.15, -0.1) is 59.7 Å². The molecule has 0 aliphatic rings. The van der Waals surface area contributed by atoms with Crippen LogP contribution < -0.4 is 0 Å². The van der Waals surface area contributed by atoms with Gasteiger partial charge in [-0.2, -0.15) is 0 Å². The van der Waals surface area contributed by atoms with E-state index in [2.05, 4.69) is 81.1 Å². The van der Waals surface area contributed by atoms with Gasteiger partial charge in [-0.05, 0) is 46.4 Å². The molecular weight excluding hydrogens is 679 g/mol. The molecule has 4 heteroatoms. The van der Waals surface area contributed by atoms with Gasteiger partial charge in [-0.3, -0.25) is 0 Å². The Bertz CT molecular complexity index is 2090. The summed E-state index contributed by atoms with van der Waals surface area (Å²) in [7, 11) is 0. The molecule has 0 amide bonds. The summed E-state index contributed by atoms with van der Waals surface area (Å²) in [6.07, 6.45) is 3.58. The molecule has 8 rings (SSSR count). The summed E-state index contributed by atoms with van der Waals surface area (Å²) in [5.41, 5.74) is 8.44. The third-order valence-corrected chi connectivity index (χ3v) is 7.42. The standard InChI is InChI=1S/C26H19N2.C11H8N.Ir/c1-16(2)17-12-13-27-23(15-17)18-10-11-25-22(14-18)21-8-5-7-20-19-6-3-4-9-24(19)28(25)26(20)21;1-2-6-10(7-3-1)11-8-4-5-9-12-11;/h3-9,11-16H,1-2H3;1-6,8-9H;/q2*-1;/i16D;;. The van der Waals surface area contributed by atoms with Crippen LogP contribution in [0.3, 0.4) is 0 Å². The van der Waals surface area contributed by atoms with Crippen molar-refractivity contribution in [3.05, 3.63) is 139 Å². The van der Waals surface area contributed by atoms with Crippen LogP contribution in [0.15, 0.2) is 122 Å². The first-order chi connectivity index (χ1) is 20.0. The first-order valence-electron chi connectivity index (χ1n) is 13.9. The van der Waals surface area contributed by atoms with Gasteiger partial charge in [0, 0.05) is 50.2 Å². The monoisotopic (exact) mass is 707 g/mol. The second kappa shape index (κ2) is 11.2. The molecule has 4 aromatic carbocycles. The predicted octanol–water partition coefficient (Wildman–Crippen LogP) is 9.37. The summed E-state index contributed by atoms with van der Waals surface area (Å²) < 4.78 is 10.7. The zero-order valence-corrected chi connectivity index (χ0v) is 25.1. The fraction of sp³-hybridized carbons (Fsp3) is 0.0811. The van der Waals surface area contributed by atoms with Gasteiger partial charge in [-0.25, -0.2) is 0 Å². The molecule has 3 nitrogen and oxygen atoms in total. The Morgan fingerprint density at radius 3 is 2.20 bits per heavy atom. The number of rotatable bonds is 3. The maximum atomic E-state index is 8.33. The van der Waals surface area contributed by atoms with Crippen molar-refractivity contribution in [3.63, 3.8) is 0 Å². The van der Waals surface area contributed by atoms with E-state index in [0.29, 0.717) is 0 Å². The largest absolute Gasteiger partial charge is 0.350 e. The van der Waals surface area contributed by atoms with Crippen LogP contribution in [-0.4, -0.2) is 14.4 Å². The topological polar surface area (TPSA) is 30.2 Å². The van der Waals surface area contributed by atoms with Crippen LogP contribution in [-0.2, 0) is 20.1 Å². The van der Waals surface area contributed by atoms with Gasteiger partial charge in [0.1, 0.15) is 0 Å². The SMILES string of the molecule is [2H]C(C)(C)c1ccnc(-c2[c-]cc3c(c2)c2cccc4c5ccccc5n3c24)c1.[Ir].[c-]1ccccc1-c1ccccn1. The van der Waals surface area contributed by atoms with Crippen LogP contribution in [0.4, 0.5) is 0 Å². The minimum atomic E-state index is -0.655. The van der Waals surface area contributed by atoms with Crippen LogP contribution in [0.25, 0.3) is 60.6 Å². The Morgan fingerprint density at radius 2 is 1.41 bits per heavy atom. The van der Waals surface area contributed by atoms with E-state index in [1.807, 2.05) is 68.4 Å². The van der Waals surface area contributed by atoms with Crippen LogP contribution in [0.1, 0.15) is 26.7 Å². The Kier molecular flexibility index (Phi) is 7.02. The number of benzene rings is 4. The molecule has 0 aliphatic carbocycles. The van der Waals surface area contributed by atoms with E-state index in [-0.39, 0.29) is 20.1 Å². The number of hydrogen-bond donors (Lipinski definition) is 0. The third kappa shape index (κ3) is 4.80. The van der Waals surface area contributed by atoms with Gasteiger partial charge in [0.25, 0.3) is 0 Å². The molecule has 0 aliphatic heterocycles. The zero-order chi connectivity index (χ0) is 28.0. The molecule has 0 bridgehead atoms. The Hall–Kier alpha value is -4.37. The van der Waals surface area contributed by atoms with Gasteiger partial charge in [0.15, 0.2) is 0 Å². The summed E-state index contributed by atoms with van der Waals surface area (Å²) in [4.78, 5) is 8.78. The van der Waals surface area contributed by atoms with Crippen molar-refractivity contribution in [2.24, 2.45) is 0 Å². The molecule has 0 saturated carbocycles. The van der Waals surface area contributed by atoms with E-state index in [4.69, 9.17) is 1.37 Å². The van der Waals surface area contributed by atoms with E-state index < -0.39 is 5.89 Å². The summed E-state index contributed by atoms with van der Waals surface area (Å²) in [6.45, 7) is 3.80. The molecule has 41 heavy (non-hydrogen) atoms. The third-order valence-electron chi connectivity index (χ3n) is 7.42. The minimum absolute atomic E-state index is 0. The normalized spacial score (nSPS) is 11.8. The molecule has 0 fully saturated rings. The van der Waals surface area contributed by atoms with Crippen molar-refractivity contribution in [1.29, 1.82) is 0 Å². The Balaban J connectivity index is 0.000000205. The van der Waals surface area contributed by atoms with E-state index >= 15 is 0 Å². The smallest absolute Gasteiger partial charge is 0.0516 e. The molecule has 0 saturated heterocycles. The maximum Gasteiger partial charge on any atom is 0.0516 e. The molecule has 0 spiro atoms. The predicted molar refractivity (Wildman–Crippen MR) is 166 cm³/mol. The summed E-state index contributed by atoms with van der Waals surface area (Å²) in [5.74, 6) is -0.655. The molecule has 4 aromatic heterocycles. The van der Waals surface area contributed by atoms with Crippen molar-refractivity contribution < 1.29 is 21.5 Å². The van der Waals surface area contributed by atoms with E-state index in [9.17, 15) is 0 Å². The molecular formula is C37H27IrN3-2. The fourth-order valence-electron chi connectivity index (χ4n) is 5.48. The average molecular weight is 707 g/mol. The Labute approximate surface area is 254 Å². The zero-order valence-electron chi connectivity index (χ0n) is 23.7. The Morgan fingerprint density at radius 1 is 0.659 bits per heavy atom. The average Bonchev–Trinajstić information content (AvgIpc) is 3.54. The summed E-state index contributed by atoms with van der Waals surface area (Å²) in [6, 6.07) is 43.6. The van der Waals surface area contributed by atoms with Crippen LogP contribution in [0.2, 0.25) is 0 Å². The quantitative estimate of drug-likeness (QED) is 0.172. The second-order valence-electron chi connectivity index (χ2n) is 10.1. The fourth-order valence-corrected chi connectivity index (χ4v) is 5.48. The van der Waals surface area contributed by atoms with E-state index in [1.54, 1.807) is 12.4 Å². The molecule has 8 aromatic rings. The number of hydrogen-bond acceptors (Lipinski definition) is 2. The van der Waals surface area contributed by atoms with Gasteiger partial charge in [-0.1, -0.05) is 79.4 Å². The molecule has 201 valence electrons. The summed E-state index contributed by atoms with van der Waals surface area (Å²) in [5, 5.41) is 5.03. The van der Waals surface area contributed by atoms with Crippen LogP contribution in [0.5, 0.6) is 0 Å². The molecule has 0 unspecified atom stereocenters. The maximum absolute atomic E-state index is 8.33.